The number of nitrogens with zero attached hydrogens (tertiary/aromatic N) is 2. The maximum Gasteiger partial charge on any atom is 0.249 e. The number of hydrogen-bond acceptors (Lipinski definition) is 7. The zero-order valence-electron chi connectivity index (χ0n) is 23.0. The van der Waals surface area contributed by atoms with E-state index in [1.165, 1.54) is 0 Å². The Kier molecular flexibility index (Phi) is 8.57. The second kappa shape index (κ2) is 11.9. The van der Waals surface area contributed by atoms with Crippen molar-refractivity contribution in [3.05, 3.63) is 76.4 Å². The molecule has 3 atom stereocenters. The maximum absolute atomic E-state index is 14.2. The van der Waals surface area contributed by atoms with E-state index < -0.39 is 17.4 Å². The Labute approximate surface area is 234 Å². The molecule has 1 aliphatic carbocycles. The van der Waals surface area contributed by atoms with Gasteiger partial charge in [-0.2, -0.15) is 5.26 Å². The predicted molar refractivity (Wildman–Crippen MR) is 152 cm³/mol. The van der Waals surface area contributed by atoms with Crippen molar-refractivity contribution in [1.82, 2.24) is 21.1 Å². The van der Waals surface area contributed by atoms with Crippen LogP contribution in [0, 0.1) is 11.3 Å². The van der Waals surface area contributed by atoms with Crippen LogP contribution in [0.5, 0.6) is 0 Å². The average molecular weight is 544 g/mol. The molecule has 1 aliphatic heterocycles. The molecule has 1 heterocycles. The molecule has 0 bridgehead atoms. The molecule has 1 fully saturated rings. The Morgan fingerprint density at radius 2 is 1.75 bits per heavy atom. The van der Waals surface area contributed by atoms with Crippen molar-refractivity contribution in [1.29, 1.82) is 5.26 Å². The molecule has 40 heavy (non-hydrogen) atoms. The number of benzene rings is 2. The highest BCUT2D eigenvalue weighted by atomic mass is 16.2. The van der Waals surface area contributed by atoms with Gasteiger partial charge in [0.05, 0.1) is 12.6 Å². The Bertz CT molecular complexity index is 1310. The third-order valence-corrected chi connectivity index (χ3v) is 8.01. The molecule has 0 spiro atoms. The van der Waals surface area contributed by atoms with Gasteiger partial charge in [0.15, 0.2) is 0 Å². The minimum absolute atomic E-state index is 0.0509. The van der Waals surface area contributed by atoms with Crippen LogP contribution in [-0.4, -0.2) is 54.8 Å². The summed E-state index contributed by atoms with van der Waals surface area (Å²) in [4.78, 5) is 40.7. The Morgan fingerprint density at radius 3 is 2.33 bits per heavy atom. The van der Waals surface area contributed by atoms with Crippen molar-refractivity contribution < 1.29 is 14.4 Å². The second-order valence-corrected chi connectivity index (χ2v) is 10.6. The van der Waals surface area contributed by atoms with Crippen molar-refractivity contribution >= 4 is 23.4 Å². The van der Waals surface area contributed by atoms with E-state index in [9.17, 15) is 19.6 Å². The number of nitrogens with one attached hydrogen (secondary N) is 3. The van der Waals surface area contributed by atoms with Gasteiger partial charge in [0.1, 0.15) is 11.5 Å². The zero-order chi connectivity index (χ0) is 29.0. The number of amides is 3. The topological polar surface area (TPSA) is 166 Å². The van der Waals surface area contributed by atoms with E-state index >= 15 is 0 Å². The number of hydrogen-bond donors (Lipinski definition) is 5. The fraction of sp³-hybridized carbons (Fsp3) is 0.400. The number of nitriles is 1. The van der Waals surface area contributed by atoms with E-state index in [1.54, 1.807) is 24.1 Å². The summed E-state index contributed by atoms with van der Waals surface area (Å²) in [6.45, 7) is 6.43. The van der Waals surface area contributed by atoms with Crippen molar-refractivity contribution in [2.45, 2.75) is 56.5 Å². The lowest BCUT2D eigenvalue weighted by atomic mass is 9.67. The summed E-state index contributed by atoms with van der Waals surface area (Å²) in [6, 6.07) is 12.5. The zero-order valence-corrected chi connectivity index (χ0v) is 23.0. The van der Waals surface area contributed by atoms with Gasteiger partial charge in [0, 0.05) is 30.9 Å². The molecule has 2 aromatic rings. The minimum Gasteiger partial charge on any atom is -0.399 e. The van der Waals surface area contributed by atoms with E-state index in [0.717, 1.165) is 34.2 Å². The summed E-state index contributed by atoms with van der Waals surface area (Å²) in [5.41, 5.74) is 21.0. The molecule has 210 valence electrons. The van der Waals surface area contributed by atoms with Gasteiger partial charge in [-0.25, -0.2) is 5.43 Å². The smallest absolute Gasteiger partial charge is 0.249 e. The first-order valence-electron chi connectivity index (χ1n) is 13.5. The standard InChI is InChI=1S/C30H37N7O3/c1-18(35-17-27(38)37-12-4-5-24(37)16-31)15-30(29(40)36-34-3)25-10-8-20(19(2)32)13-21(25)6-7-22-14-23(28(33)39)9-11-26(22)30/h8-11,13-14,18,24,34-35H,2,4-7,12,15,17,32H2,1,3H3,(H2,33,39)(H,36,40)/t18-,24?,30?/m0/s1. The van der Waals surface area contributed by atoms with Gasteiger partial charge in [-0.05, 0) is 85.0 Å². The lowest BCUT2D eigenvalue weighted by molar-refractivity contribution is -0.130. The van der Waals surface area contributed by atoms with Crippen LogP contribution >= 0.6 is 0 Å². The van der Waals surface area contributed by atoms with E-state index in [1.807, 2.05) is 31.2 Å². The molecule has 1 saturated heterocycles. The first-order valence-corrected chi connectivity index (χ1v) is 13.5. The molecule has 3 amide bonds. The summed E-state index contributed by atoms with van der Waals surface area (Å²) >= 11 is 0. The molecule has 2 unspecified atom stereocenters. The summed E-state index contributed by atoms with van der Waals surface area (Å²) < 4.78 is 0. The fourth-order valence-corrected chi connectivity index (χ4v) is 6.07. The number of fused-ring (bicyclic) bond motifs is 2. The number of carbonyl (C=O) groups excluding carboxylic acids is 3. The van der Waals surface area contributed by atoms with Gasteiger partial charge in [0.2, 0.25) is 17.7 Å². The van der Waals surface area contributed by atoms with Crippen LogP contribution in [0.1, 0.15) is 64.4 Å². The molecule has 7 N–H and O–H groups in total. The highest BCUT2D eigenvalue weighted by molar-refractivity contribution is 5.96. The van der Waals surface area contributed by atoms with E-state index in [-0.39, 0.29) is 24.4 Å². The van der Waals surface area contributed by atoms with E-state index in [4.69, 9.17) is 11.5 Å². The molecular formula is C30H37N7O3. The van der Waals surface area contributed by atoms with Crippen LogP contribution in [0.3, 0.4) is 0 Å². The van der Waals surface area contributed by atoms with Gasteiger partial charge < -0.3 is 21.7 Å². The largest absolute Gasteiger partial charge is 0.399 e. The third kappa shape index (κ3) is 5.43. The number of primary amides is 1. The Balaban J connectivity index is 1.78. The molecular weight excluding hydrogens is 506 g/mol. The Hall–Kier alpha value is -4.20. The highest BCUT2D eigenvalue weighted by Gasteiger charge is 2.47. The molecule has 0 aromatic heterocycles. The SMILES string of the molecule is C=C(N)c1ccc2c(c1)CCc1cc(C(N)=O)ccc1C2(C[C@H](C)NCC(=O)N1CCCC1C#N)C(=O)NNC. The third-order valence-electron chi connectivity index (χ3n) is 8.01. The van der Waals surface area contributed by atoms with E-state index in [2.05, 4.69) is 28.8 Å². The van der Waals surface area contributed by atoms with Crippen LogP contribution < -0.4 is 27.6 Å². The van der Waals surface area contributed by atoms with Crippen LogP contribution in [0.15, 0.2) is 43.0 Å². The van der Waals surface area contributed by atoms with Gasteiger partial charge in [-0.1, -0.05) is 24.8 Å². The van der Waals surface area contributed by atoms with Crippen molar-refractivity contribution in [3.63, 3.8) is 0 Å². The van der Waals surface area contributed by atoms with Gasteiger partial charge in [-0.3, -0.25) is 19.8 Å². The van der Waals surface area contributed by atoms with Crippen molar-refractivity contribution in [2.24, 2.45) is 11.5 Å². The number of rotatable bonds is 9. The number of hydrazine groups is 1. The number of carbonyl (C=O) groups is 3. The lowest BCUT2D eigenvalue weighted by Gasteiger charge is -2.37. The number of likely N-dealkylation sites (tertiary alicyclic amines) is 1. The van der Waals surface area contributed by atoms with Crippen LogP contribution in [0.2, 0.25) is 0 Å². The van der Waals surface area contributed by atoms with Gasteiger partial charge >= 0.3 is 0 Å². The second-order valence-electron chi connectivity index (χ2n) is 10.6. The number of aryl methyl sites for hydroxylation is 2. The van der Waals surface area contributed by atoms with Crippen LogP contribution in [-0.2, 0) is 27.8 Å². The van der Waals surface area contributed by atoms with Crippen LogP contribution in [0.25, 0.3) is 5.70 Å². The quantitative estimate of drug-likeness (QED) is 0.297. The molecule has 0 saturated carbocycles. The highest BCUT2D eigenvalue weighted by Crippen LogP contribution is 2.44. The summed E-state index contributed by atoms with van der Waals surface area (Å²) in [5, 5.41) is 12.7. The van der Waals surface area contributed by atoms with Crippen molar-refractivity contribution in [3.8, 4) is 6.07 Å². The minimum atomic E-state index is -1.17. The maximum atomic E-state index is 14.2. The number of nitrogens with two attached hydrogens (primary N) is 2. The summed E-state index contributed by atoms with van der Waals surface area (Å²) in [6.07, 6.45) is 3.01. The predicted octanol–water partition coefficient (Wildman–Crippen LogP) is 1.23. The van der Waals surface area contributed by atoms with E-state index in [0.29, 0.717) is 43.5 Å². The van der Waals surface area contributed by atoms with Crippen LogP contribution in [0.4, 0.5) is 0 Å². The summed E-state index contributed by atoms with van der Waals surface area (Å²) in [7, 11) is 1.63. The molecule has 10 heteroatoms. The molecule has 2 aliphatic rings. The molecule has 4 rings (SSSR count). The van der Waals surface area contributed by atoms with Crippen molar-refractivity contribution in [2.75, 3.05) is 20.1 Å². The molecule has 2 aromatic carbocycles. The van der Waals surface area contributed by atoms with Gasteiger partial charge in [0.25, 0.3) is 0 Å². The normalized spacial score (nSPS) is 20.4. The lowest BCUT2D eigenvalue weighted by Crippen LogP contribution is -2.53. The monoisotopic (exact) mass is 543 g/mol. The fourth-order valence-electron chi connectivity index (χ4n) is 6.07. The first-order chi connectivity index (χ1) is 19.1. The first kappa shape index (κ1) is 28.8. The molecule has 10 nitrogen and oxygen atoms in total. The average Bonchev–Trinajstić information content (AvgIpc) is 3.37. The summed E-state index contributed by atoms with van der Waals surface area (Å²) in [5.74, 6) is -0.944. The van der Waals surface area contributed by atoms with Gasteiger partial charge in [-0.15, -0.1) is 0 Å². The molecule has 0 radical (unpaired) electrons. The Morgan fingerprint density at radius 1 is 1.12 bits per heavy atom.